The van der Waals surface area contributed by atoms with Gasteiger partial charge in [0, 0.05) is 0 Å². The van der Waals surface area contributed by atoms with E-state index in [1.54, 1.807) is 0 Å². The van der Waals surface area contributed by atoms with Gasteiger partial charge in [0.2, 0.25) is 0 Å². The average Bonchev–Trinajstić information content (AvgIpc) is 3.05. The zero-order valence-corrected chi connectivity index (χ0v) is 30.7. The number of carboxylic acids is 4. The number of rotatable bonds is 24. The number of hydrogen-bond acceptors (Lipinski definition) is 14. The third kappa shape index (κ3) is 18.2. The van der Waals surface area contributed by atoms with Gasteiger partial charge in [-0.2, -0.15) is 0 Å². The van der Waals surface area contributed by atoms with Gasteiger partial charge in [0.25, 0.3) is 0 Å². The van der Waals surface area contributed by atoms with E-state index in [0.29, 0.717) is 4.35 Å². The standard InChI is InChI=1S/C26H37AsN6O15S3/c28-15(25(42)43)5-7-19(34)32-17(23(40)30-9-21(36)37)11-49-27(13-1-3-14(4-2-13)51(46,47)48)50-12-18(24(41)31-10-22(38)39)33-20(35)8-6-16(29)26(44)45/h1-4,15-18H,5-12,28-29H2,(H,30,40)(H,31,41)(H,32,34)(H,33,35)(H,36,37)(H,38,39)(H,42,43)(H,44,45)(H,46,47,48)/t15-,16-,17-,18-/m0/s1. The average molecular weight is 845 g/mol. The number of nitrogens with two attached hydrogens (primary N) is 2. The molecule has 284 valence electrons. The summed E-state index contributed by atoms with van der Waals surface area (Å²) in [5, 5.41) is 45.0. The number of benzene rings is 1. The van der Waals surface area contributed by atoms with Crippen LogP contribution < -0.4 is 37.1 Å². The summed E-state index contributed by atoms with van der Waals surface area (Å²) < 4.78 is 33.1. The molecule has 0 heterocycles. The van der Waals surface area contributed by atoms with E-state index in [4.69, 9.17) is 31.9 Å². The number of carboxylic acid groups (broad SMARTS) is 4. The van der Waals surface area contributed by atoms with Crippen LogP contribution >= 0.6 is 20.0 Å². The van der Waals surface area contributed by atoms with E-state index in [1.807, 2.05) is 0 Å². The molecule has 25 heteroatoms. The first-order valence-corrected chi connectivity index (χ1v) is 23.2. The molecule has 0 aromatic heterocycles. The summed E-state index contributed by atoms with van der Waals surface area (Å²) in [7, 11) is -2.45. The summed E-state index contributed by atoms with van der Waals surface area (Å²) in [5.74, 6) is -9.39. The zero-order chi connectivity index (χ0) is 38.9. The normalized spacial score (nSPS) is 13.6. The van der Waals surface area contributed by atoms with Crippen LogP contribution in [0.15, 0.2) is 29.2 Å². The van der Waals surface area contributed by atoms with Gasteiger partial charge in [-0.15, -0.1) is 0 Å². The fraction of sp³-hybridized carbons (Fsp3) is 0.462. The topological polar surface area (TPSA) is 372 Å². The third-order valence-corrected chi connectivity index (χ3v) is 20.3. The Bertz CT molecular complexity index is 1470. The Morgan fingerprint density at radius 3 is 1.37 bits per heavy atom. The fourth-order valence-electron chi connectivity index (χ4n) is 3.50. The second kappa shape index (κ2) is 22.1. The van der Waals surface area contributed by atoms with Crippen LogP contribution in [0, 0.1) is 0 Å². The molecule has 0 saturated heterocycles. The maximum absolute atomic E-state index is 12.9. The van der Waals surface area contributed by atoms with Crippen LogP contribution in [0.1, 0.15) is 25.7 Å². The van der Waals surface area contributed by atoms with Crippen LogP contribution in [0.25, 0.3) is 0 Å². The van der Waals surface area contributed by atoms with Crippen molar-refractivity contribution in [1.82, 2.24) is 21.3 Å². The van der Waals surface area contributed by atoms with Gasteiger partial charge in [0.05, 0.1) is 0 Å². The van der Waals surface area contributed by atoms with Crippen LogP contribution in [0.3, 0.4) is 0 Å². The summed E-state index contributed by atoms with van der Waals surface area (Å²) in [6.07, 6.45) is -1.38. The Hall–Kier alpha value is -3.93. The summed E-state index contributed by atoms with van der Waals surface area (Å²) in [6, 6.07) is -0.654. The number of amides is 4. The van der Waals surface area contributed by atoms with Gasteiger partial charge in [0.1, 0.15) is 0 Å². The monoisotopic (exact) mass is 844 g/mol. The Morgan fingerprint density at radius 2 is 1.06 bits per heavy atom. The van der Waals surface area contributed by atoms with Gasteiger partial charge >= 0.3 is 302 Å². The van der Waals surface area contributed by atoms with Crippen molar-refractivity contribution >= 4 is 94.4 Å². The van der Waals surface area contributed by atoms with Gasteiger partial charge in [-0.05, 0) is 0 Å². The van der Waals surface area contributed by atoms with E-state index in [1.165, 1.54) is 12.1 Å². The zero-order valence-electron chi connectivity index (χ0n) is 26.4. The molecule has 51 heavy (non-hydrogen) atoms. The van der Waals surface area contributed by atoms with Crippen molar-refractivity contribution in [2.45, 2.75) is 54.7 Å². The van der Waals surface area contributed by atoms with Crippen molar-refractivity contribution in [3.8, 4) is 0 Å². The van der Waals surface area contributed by atoms with E-state index in [9.17, 15) is 51.3 Å². The SMILES string of the molecule is N[C@@H](CCC(=O)N[C@@H](CS[As](SC[C@H](NC(=O)CC[C@H](N)C(=O)O)C(=O)NCC(=O)O)c1ccc(S(=O)(=O)O)cc1)C(=O)NCC(=O)O)C(=O)O. The van der Waals surface area contributed by atoms with Gasteiger partial charge in [-0.1, -0.05) is 0 Å². The molecule has 0 unspecified atom stereocenters. The van der Waals surface area contributed by atoms with E-state index < -0.39 is 125 Å². The Kier molecular flexibility index (Phi) is 19.5. The first kappa shape index (κ1) is 45.1. The molecular formula is C26H37AsN6O15S3. The van der Waals surface area contributed by atoms with Gasteiger partial charge in [-0.3, -0.25) is 0 Å². The molecule has 0 aliphatic carbocycles. The molecule has 0 aliphatic heterocycles. The van der Waals surface area contributed by atoms with Crippen LogP contribution in [0.4, 0.5) is 0 Å². The predicted molar refractivity (Wildman–Crippen MR) is 181 cm³/mol. The number of nitrogens with one attached hydrogen (secondary N) is 4. The number of aliphatic carboxylic acids is 4. The molecule has 0 bridgehead atoms. The minimum atomic E-state index is -4.59. The predicted octanol–water partition coefficient (Wildman–Crippen LogP) is -4.15. The summed E-state index contributed by atoms with van der Waals surface area (Å²) >= 11 is -2.75. The Balaban J connectivity index is 3.36. The van der Waals surface area contributed by atoms with E-state index in [2.05, 4.69) is 21.3 Å². The second-order valence-corrected chi connectivity index (χ2v) is 23.3. The van der Waals surface area contributed by atoms with E-state index in [0.717, 1.165) is 32.2 Å². The summed E-state index contributed by atoms with van der Waals surface area (Å²) in [4.78, 5) is 94.6. The first-order valence-electron chi connectivity index (χ1n) is 14.4. The third-order valence-electron chi connectivity index (χ3n) is 6.19. The van der Waals surface area contributed by atoms with Crippen LogP contribution in [-0.4, -0.2) is 142 Å². The quantitative estimate of drug-likeness (QED) is 0.0347. The summed E-state index contributed by atoms with van der Waals surface area (Å²) in [6.45, 7) is -1.62. The number of carbonyl (C=O) groups excluding carboxylic acids is 4. The molecule has 0 radical (unpaired) electrons. The Morgan fingerprint density at radius 1 is 0.686 bits per heavy atom. The summed E-state index contributed by atoms with van der Waals surface area (Å²) in [5.41, 5.74) is 10.9. The molecule has 0 saturated carbocycles. The molecule has 1 aromatic rings. The molecule has 1 rings (SSSR count). The van der Waals surface area contributed by atoms with Gasteiger partial charge in [-0.25, -0.2) is 0 Å². The fourth-order valence-corrected chi connectivity index (χ4v) is 16.5. The molecule has 1 aromatic carbocycles. The molecule has 4 atom stereocenters. The van der Waals surface area contributed by atoms with Crippen LogP contribution in [0.5, 0.6) is 0 Å². The van der Waals surface area contributed by atoms with E-state index in [-0.39, 0.29) is 24.3 Å². The Labute approximate surface area is 301 Å². The molecular weight excluding hydrogens is 807 g/mol. The van der Waals surface area contributed by atoms with Crippen molar-refractivity contribution in [1.29, 1.82) is 0 Å². The van der Waals surface area contributed by atoms with Gasteiger partial charge in [0.15, 0.2) is 0 Å². The second-order valence-electron chi connectivity index (χ2n) is 10.2. The van der Waals surface area contributed by atoms with Crippen molar-refractivity contribution < 1.29 is 71.8 Å². The van der Waals surface area contributed by atoms with Crippen LogP contribution in [0.2, 0.25) is 0 Å². The molecule has 4 amide bonds. The van der Waals surface area contributed by atoms with Crippen molar-refractivity contribution in [2.75, 3.05) is 24.6 Å². The molecule has 0 aliphatic rings. The van der Waals surface area contributed by atoms with Crippen LogP contribution in [-0.2, 0) is 48.5 Å². The minimum absolute atomic E-state index is 0.232. The van der Waals surface area contributed by atoms with Gasteiger partial charge < -0.3 is 0 Å². The molecule has 13 N–H and O–H groups in total. The number of hydrogen-bond donors (Lipinski definition) is 11. The maximum atomic E-state index is 12.9. The molecule has 0 spiro atoms. The first-order chi connectivity index (χ1) is 23.7. The van der Waals surface area contributed by atoms with Crippen molar-refractivity contribution in [2.24, 2.45) is 11.5 Å². The van der Waals surface area contributed by atoms with Crippen molar-refractivity contribution in [3.05, 3.63) is 24.3 Å². The number of carbonyl (C=O) groups is 8. The molecule has 21 nitrogen and oxygen atoms in total. The van der Waals surface area contributed by atoms with E-state index >= 15 is 0 Å². The molecule has 0 fully saturated rings. The van der Waals surface area contributed by atoms with Crippen molar-refractivity contribution in [3.63, 3.8) is 0 Å².